The van der Waals surface area contributed by atoms with Crippen molar-refractivity contribution in [2.45, 2.75) is 37.1 Å². The second kappa shape index (κ2) is 3.06. The summed E-state index contributed by atoms with van der Waals surface area (Å²) in [6, 6.07) is 0.836. The lowest BCUT2D eigenvalue weighted by atomic mass is 9.82. The van der Waals surface area contributed by atoms with Gasteiger partial charge in [-0.05, 0) is 38.3 Å². The summed E-state index contributed by atoms with van der Waals surface area (Å²) in [7, 11) is 0. The van der Waals surface area contributed by atoms with Gasteiger partial charge in [-0.3, -0.25) is 4.90 Å². The van der Waals surface area contributed by atoms with Crippen molar-refractivity contribution in [1.29, 1.82) is 0 Å². The van der Waals surface area contributed by atoms with Gasteiger partial charge in [-0.25, -0.2) is 0 Å². The van der Waals surface area contributed by atoms with E-state index >= 15 is 0 Å². The lowest BCUT2D eigenvalue weighted by Gasteiger charge is -2.46. The van der Waals surface area contributed by atoms with E-state index in [4.69, 9.17) is 0 Å². The Balaban J connectivity index is 2.03. The highest BCUT2D eigenvalue weighted by Gasteiger charge is 2.35. The van der Waals surface area contributed by atoms with E-state index in [0.29, 0.717) is 4.83 Å². The van der Waals surface area contributed by atoms with Gasteiger partial charge in [0.05, 0.1) is 0 Å². The molecule has 0 aromatic carbocycles. The van der Waals surface area contributed by atoms with Crippen molar-refractivity contribution in [3.63, 3.8) is 0 Å². The van der Waals surface area contributed by atoms with Crippen molar-refractivity contribution in [2.75, 3.05) is 13.1 Å². The maximum atomic E-state index is 3.70. The molecule has 0 N–H and O–H groups in total. The highest BCUT2D eigenvalue weighted by molar-refractivity contribution is 9.09. The number of halogens is 1. The summed E-state index contributed by atoms with van der Waals surface area (Å²) < 4.78 is 0. The molecular weight excluding hydrogens is 202 g/mol. The SMILES string of the molecule is CC(Br)C1CC2CCN1CC2. The predicted molar refractivity (Wildman–Crippen MR) is 51.1 cm³/mol. The molecule has 0 aromatic heterocycles. The molecular formula is C9H16BrN. The monoisotopic (exact) mass is 217 g/mol. The third-order valence-electron chi connectivity index (χ3n) is 3.22. The van der Waals surface area contributed by atoms with Gasteiger partial charge in [0.1, 0.15) is 0 Å². The molecule has 2 unspecified atom stereocenters. The zero-order valence-corrected chi connectivity index (χ0v) is 8.68. The third-order valence-corrected chi connectivity index (χ3v) is 3.83. The van der Waals surface area contributed by atoms with Crippen LogP contribution in [0, 0.1) is 5.92 Å². The molecule has 2 bridgehead atoms. The number of nitrogens with zero attached hydrogens (tertiary/aromatic N) is 1. The van der Waals surface area contributed by atoms with Gasteiger partial charge in [-0.15, -0.1) is 0 Å². The molecule has 3 heterocycles. The Labute approximate surface area is 77.3 Å². The van der Waals surface area contributed by atoms with Crippen LogP contribution in [-0.2, 0) is 0 Å². The molecule has 0 saturated carbocycles. The quantitative estimate of drug-likeness (QED) is 0.610. The summed E-state index contributed by atoms with van der Waals surface area (Å²) in [6.45, 7) is 4.99. The molecule has 3 aliphatic heterocycles. The lowest BCUT2D eigenvalue weighted by molar-refractivity contribution is 0.0515. The van der Waals surface area contributed by atoms with Crippen LogP contribution in [0.1, 0.15) is 26.2 Å². The minimum Gasteiger partial charge on any atom is -0.299 e. The summed E-state index contributed by atoms with van der Waals surface area (Å²) in [5.41, 5.74) is 0. The van der Waals surface area contributed by atoms with Crippen molar-refractivity contribution >= 4 is 15.9 Å². The van der Waals surface area contributed by atoms with Crippen LogP contribution in [0.3, 0.4) is 0 Å². The molecule has 11 heavy (non-hydrogen) atoms. The summed E-state index contributed by atoms with van der Waals surface area (Å²) in [5.74, 6) is 1.05. The first-order valence-electron chi connectivity index (χ1n) is 4.65. The van der Waals surface area contributed by atoms with E-state index in [1.54, 1.807) is 0 Å². The zero-order chi connectivity index (χ0) is 7.84. The summed E-state index contributed by atoms with van der Waals surface area (Å²) in [5, 5.41) is 0. The van der Waals surface area contributed by atoms with Gasteiger partial charge in [0, 0.05) is 10.9 Å². The van der Waals surface area contributed by atoms with E-state index in [2.05, 4.69) is 27.8 Å². The molecule has 3 fully saturated rings. The first-order valence-corrected chi connectivity index (χ1v) is 5.57. The van der Waals surface area contributed by atoms with E-state index in [-0.39, 0.29) is 0 Å². The van der Waals surface area contributed by atoms with Gasteiger partial charge >= 0.3 is 0 Å². The van der Waals surface area contributed by atoms with Gasteiger partial charge in [0.25, 0.3) is 0 Å². The Hall–Kier alpha value is 0.440. The molecule has 0 amide bonds. The fraction of sp³-hybridized carbons (Fsp3) is 1.00. The van der Waals surface area contributed by atoms with E-state index in [1.165, 1.54) is 32.4 Å². The smallest absolute Gasteiger partial charge is 0.0273 e. The van der Waals surface area contributed by atoms with Crippen molar-refractivity contribution in [2.24, 2.45) is 5.92 Å². The van der Waals surface area contributed by atoms with Crippen LogP contribution in [0.5, 0.6) is 0 Å². The van der Waals surface area contributed by atoms with Crippen LogP contribution in [0.25, 0.3) is 0 Å². The van der Waals surface area contributed by atoms with Crippen LogP contribution in [0.4, 0.5) is 0 Å². The van der Waals surface area contributed by atoms with E-state index < -0.39 is 0 Å². The molecule has 0 aliphatic carbocycles. The van der Waals surface area contributed by atoms with Gasteiger partial charge in [0.2, 0.25) is 0 Å². The van der Waals surface area contributed by atoms with Gasteiger partial charge in [0.15, 0.2) is 0 Å². The number of piperidine rings is 3. The first-order chi connectivity index (χ1) is 5.27. The fourth-order valence-electron chi connectivity index (χ4n) is 2.49. The summed E-state index contributed by atoms with van der Waals surface area (Å²) in [4.78, 5) is 3.34. The van der Waals surface area contributed by atoms with Crippen molar-refractivity contribution in [3.8, 4) is 0 Å². The van der Waals surface area contributed by atoms with Crippen LogP contribution >= 0.6 is 15.9 Å². The maximum Gasteiger partial charge on any atom is 0.0273 e. The summed E-state index contributed by atoms with van der Waals surface area (Å²) >= 11 is 3.70. The molecule has 2 atom stereocenters. The number of hydrogen-bond acceptors (Lipinski definition) is 1. The molecule has 0 aromatic rings. The van der Waals surface area contributed by atoms with Crippen molar-refractivity contribution < 1.29 is 0 Å². The minimum atomic E-state index is 0.686. The normalized spacial score (nSPS) is 45.8. The summed E-state index contributed by atoms with van der Waals surface area (Å²) in [6.07, 6.45) is 4.35. The molecule has 0 radical (unpaired) electrons. The molecule has 3 saturated heterocycles. The second-order valence-electron chi connectivity index (χ2n) is 3.96. The van der Waals surface area contributed by atoms with Crippen LogP contribution in [0.15, 0.2) is 0 Å². The van der Waals surface area contributed by atoms with Crippen molar-refractivity contribution in [3.05, 3.63) is 0 Å². The Morgan fingerprint density at radius 1 is 1.36 bits per heavy atom. The van der Waals surface area contributed by atoms with E-state index in [0.717, 1.165) is 12.0 Å². The first kappa shape index (κ1) is 8.06. The number of hydrogen-bond donors (Lipinski definition) is 0. The molecule has 64 valence electrons. The highest BCUT2D eigenvalue weighted by atomic mass is 79.9. The van der Waals surface area contributed by atoms with Crippen molar-refractivity contribution in [1.82, 2.24) is 4.90 Å². The van der Waals surface area contributed by atoms with Crippen LogP contribution < -0.4 is 0 Å². The number of rotatable bonds is 1. The van der Waals surface area contributed by atoms with Gasteiger partial charge < -0.3 is 0 Å². The Morgan fingerprint density at radius 3 is 2.27 bits per heavy atom. The average molecular weight is 218 g/mol. The zero-order valence-electron chi connectivity index (χ0n) is 7.09. The Morgan fingerprint density at radius 2 is 2.00 bits per heavy atom. The molecule has 3 aliphatic rings. The highest BCUT2D eigenvalue weighted by Crippen LogP contribution is 2.34. The van der Waals surface area contributed by atoms with E-state index in [9.17, 15) is 0 Å². The number of alkyl halides is 1. The maximum absolute atomic E-state index is 3.70. The standard InChI is InChI=1S/C9H16BrN/c1-7(10)9-6-8-2-4-11(9)5-3-8/h7-9H,2-6H2,1H3. The number of fused-ring (bicyclic) bond motifs is 3. The molecule has 1 nitrogen and oxygen atoms in total. The predicted octanol–water partition coefficient (Wildman–Crippen LogP) is 2.25. The lowest BCUT2D eigenvalue weighted by Crippen LogP contribution is -2.51. The van der Waals surface area contributed by atoms with Gasteiger partial charge in [-0.2, -0.15) is 0 Å². The fourth-order valence-corrected chi connectivity index (χ4v) is 3.04. The largest absolute Gasteiger partial charge is 0.299 e. The minimum absolute atomic E-state index is 0.686. The van der Waals surface area contributed by atoms with E-state index in [1.807, 2.05) is 0 Å². The molecule has 2 heteroatoms. The Bertz CT molecular complexity index is 138. The third kappa shape index (κ3) is 1.48. The topological polar surface area (TPSA) is 3.24 Å². The van der Waals surface area contributed by atoms with Crippen LogP contribution in [0.2, 0.25) is 0 Å². The second-order valence-corrected chi connectivity index (χ2v) is 5.40. The molecule has 3 rings (SSSR count). The average Bonchev–Trinajstić information content (AvgIpc) is 2.06. The van der Waals surface area contributed by atoms with Gasteiger partial charge in [-0.1, -0.05) is 22.9 Å². The molecule has 0 spiro atoms. The Kier molecular flexibility index (Phi) is 2.24. The van der Waals surface area contributed by atoms with Crippen LogP contribution in [-0.4, -0.2) is 28.9 Å².